The molecule has 0 unspecified atom stereocenters. The fourth-order valence-electron chi connectivity index (χ4n) is 3.25. The van der Waals surface area contributed by atoms with Crippen molar-refractivity contribution in [2.24, 2.45) is 5.41 Å². The lowest BCUT2D eigenvalue weighted by atomic mass is 9.71. The second-order valence-corrected chi connectivity index (χ2v) is 6.45. The lowest BCUT2D eigenvalue weighted by molar-refractivity contribution is -0.242. The first kappa shape index (κ1) is 19.9. The second-order valence-electron chi connectivity index (χ2n) is 6.45. The maximum Gasteiger partial charge on any atom is 0.0819 e. The monoisotopic (exact) mass is 286 g/mol. The predicted octanol–water partition coefficient (Wildman–Crippen LogP) is 6.59. The van der Waals surface area contributed by atoms with Crippen molar-refractivity contribution < 1.29 is 10.1 Å². The number of rotatable bonds is 15. The van der Waals surface area contributed by atoms with Gasteiger partial charge in [-0.1, -0.05) is 72.1 Å². The van der Waals surface area contributed by atoms with Gasteiger partial charge in [-0.3, -0.25) is 5.26 Å². The minimum atomic E-state index is 0.492. The molecule has 0 aliphatic heterocycles. The fraction of sp³-hybridized carbons (Fsp3) is 1.00. The molecule has 0 atom stereocenters. The summed E-state index contributed by atoms with van der Waals surface area (Å²) >= 11 is 0. The van der Waals surface area contributed by atoms with E-state index in [0.717, 1.165) is 6.42 Å². The molecular formula is C18H38O2. The van der Waals surface area contributed by atoms with Crippen molar-refractivity contribution in [2.75, 3.05) is 6.61 Å². The molecule has 0 radical (unpaired) electrons. The number of unbranched alkanes of at least 4 members (excludes halogenated alkanes) is 5. The molecule has 0 saturated heterocycles. The quantitative estimate of drug-likeness (QED) is 0.209. The molecule has 0 saturated carbocycles. The highest BCUT2D eigenvalue weighted by Gasteiger charge is 2.27. The second kappa shape index (κ2) is 13.9. The summed E-state index contributed by atoms with van der Waals surface area (Å²) in [5, 5.41) is 8.37. The molecular weight excluding hydrogens is 248 g/mol. The van der Waals surface area contributed by atoms with Crippen molar-refractivity contribution in [1.29, 1.82) is 0 Å². The van der Waals surface area contributed by atoms with E-state index in [1.807, 2.05) is 0 Å². The lowest BCUT2D eigenvalue weighted by Crippen LogP contribution is -2.21. The molecule has 0 aliphatic rings. The van der Waals surface area contributed by atoms with Crippen LogP contribution in [0.5, 0.6) is 0 Å². The first-order chi connectivity index (χ1) is 9.74. The van der Waals surface area contributed by atoms with Gasteiger partial charge in [0.2, 0.25) is 0 Å². The van der Waals surface area contributed by atoms with E-state index in [1.165, 1.54) is 77.0 Å². The minimum absolute atomic E-state index is 0.492. The van der Waals surface area contributed by atoms with Crippen LogP contribution >= 0.6 is 0 Å². The highest BCUT2D eigenvalue weighted by molar-refractivity contribution is 4.79. The maximum atomic E-state index is 8.37. The Morgan fingerprint density at radius 1 is 0.650 bits per heavy atom. The summed E-state index contributed by atoms with van der Waals surface area (Å²) in [6.07, 6.45) is 17.2. The zero-order chi connectivity index (χ0) is 15.1. The van der Waals surface area contributed by atoms with Crippen LogP contribution in [0.4, 0.5) is 0 Å². The summed E-state index contributed by atoms with van der Waals surface area (Å²) in [5.74, 6) is 0. The van der Waals surface area contributed by atoms with Crippen LogP contribution in [0.25, 0.3) is 0 Å². The Hall–Kier alpha value is -0.0800. The van der Waals surface area contributed by atoms with Gasteiger partial charge in [-0.25, -0.2) is 4.89 Å². The van der Waals surface area contributed by atoms with Crippen LogP contribution in [0, 0.1) is 5.41 Å². The Morgan fingerprint density at radius 3 is 1.50 bits per heavy atom. The Labute approximate surface area is 127 Å². The first-order valence-electron chi connectivity index (χ1n) is 9.01. The molecule has 2 nitrogen and oxygen atoms in total. The molecule has 2 heteroatoms. The fourth-order valence-corrected chi connectivity index (χ4v) is 3.25. The third-order valence-electron chi connectivity index (χ3n) is 4.62. The van der Waals surface area contributed by atoms with Gasteiger partial charge in [-0.05, 0) is 37.5 Å². The van der Waals surface area contributed by atoms with E-state index < -0.39 is 0 Å². The SMILES string of the molecule is CCCCC(CCCC)(CCCC)CCCCCOO. The first-order valence-corrected chi connectivity index (χ1v) is 9.01. The van der Waals surface area contributed by atoms with E-state index >= 15 is 0 Å². The summed E-state index contributed by atoms with van der Waals surface area (Å²) in [5.41, 5.74) is 0.599. The largest absolute Gasteiger partial charge is 0.252 e. The molecule has 0 amide bonds. The summed E-state index contributed by atoms with van der Waals surface area (Å²) < 4.78 is 0. The van der Waals surface area contributed by atoms with E-state index in [1.54, 1.807) is 0 Å². The molecule has 0 spiro atoms. The minimum Gasteiger partial charge on any atom is -0.252 e. The van der Waals surface area contributed by atoms with Gasteiger partial charge < -0.3 is 0 Å². The van der Waals surface area contributed by atoms with E-state index in [9.17, 15) is 0 Å². The van der Waals surface area contributed by atoms with Gasteiger partial charge in [0.15, 0.2) is 0 Å². The molecule has 0 aromatic carbocycles. The van der Waals surface area contributed by atoms with Crippen LogP contribution in [0.3, 0.4) is 0 Å². The zero-order valence-corrected chi connectivity index (χ0v) is 14.3. The van der Waals surface area contributed by atoms with Gasteiger partial charge in [0.1, 0.15) is 0 Å². The van der Waals surface area contributed by atoms with E-state index in [-0.39, 0.29) is 0 Å². The topological polar surface area (TPSA) is 29.5 Å². The normalized spacial score (nSPS) is 12.0. The maximum absolute atomic E-state index is 8.37. The molecule has 0 fully saturated rings. The molecule has 0 aromatic heterocycles. The third-order valence-corrected chi connectivity index (χ3v) is 4.62. The molecule has 1 N–H and O–H groups in total. The Kier molecular flexibility index (Phi) is 13.8. The van der Waals surface area contributed by atoms with Crippen LogP contribution in [-0.2, 0) is 4.89 Å². The molecule has 0 heterocycles. The van der Waals surface area contributed by atoms with Crippen molar-refractivity contribution >= 4 is 0 Å². The lowest BCUT2D eigenvalue weighted by Gasteiger charge is -2.35. The molecule has 0 bridgehead atoms. The predicted molar refractivity (Wildman–Crippen MR) is 88.1 cm³/mol. The highest BCUT2D eigenvalue weighted by atomic mass is 17.1. The van der Waals surface area contributed by atoms with Crippen molar-refractivity contribution in [3.8, 4) is 0 Å². The summed E-state index contributed by atoms with van der Waals surface area (Å²) in [4.78, 5) is 4.17. The molecule has 122 valence electrons. The smallest absolute Gasteiger partial charge is 0.0819 e. The molecule has 0 rings (SSSR count). The standard InChI is InChI=1S/C18H38O2/c1-4-7-13-18(14-8-5-2,15-9-6-3)16-11-10-12-17-20-19/h19H,4-17H2,1-3H3. The van der Waals surface area contributed by atoms with Gasteiger partial charge in [0.25, 0.3) is 0 Å². The van der Waals surface area contributed by atoms with Gasteiger partial charge in [0.05, 0.1) is 6.61 Å². The van der Waals surface area contributed by atoms with Crippen molar-refractivity contribution in [3.05, 3.63) is 0 Å². The Bertz CT molecular complexity index is 170. The van der Waals surface area contributed by atoms with Crippen LogP contribution in [0.1, 0.15) is 104 Å². The molecule has 0 aliphatic carbocycles. The van der Waals surface area contributed by atoms with Crippen LogP contribution in [-0.4, -0.2) is 11.9 Å². The summed E-state index contributed by atoms with van der Waals surface area (Å²) in [7, 11) is 0. The number of hydrogen-bond donors (Lipinski definition) is 1. The van der Waals surface area contributed by atoms with Crippen LogP contribution < -0.4 is 0 Å². The Balaban J connectivity index is 4.34. The van der Waals surface area contributed by atoms with Crippen LogP contribution in [0.15, 0.2) is 0 Å². The van der Waals surface area contributed by atoms with E-state index in [4.69, 9.17) is 5.26 Å². The van der Waals surface area contributed by atoms with Crippen molar-refractivity contribution in [3.63, 3.8) is 0 Å². The van der Waals surface area contributed by atoms with Crippen LogP contribution in [0.2, 0.25) is 0 Å². The molecule has 20 heavy (non-hydrogen) atoms. The average molecular weight is 286 g/mol. The zero-order valence-electron chi connectivity index (χ0n) is 14.3. The van der Waals surface area contributed by atoms with Gasteiger partial charge in [0, 0.05) is 0 Å². The van der Waals surface area contributed by atoms with Gasteiger partial charge in [-0.2, -0.15) is 0 Å². The summed E-state index contributed by atoms with van der Waals surface area (Å²) in [6, 6.07) is 0. The van der Waals surface area contributed by atoms with Crippen molar-refractivity contribution in [1.82, 2.24) is 0 Å². The number of hydrogen-bond acceptors (Lipinski definition) is 2. The van der Waals surface area contributed by atoms with Gasteiger partial charge >= 0.3 is 0 Å². The highest BCUT2D eigenvalue weighted by Crippen LogP contribution is 2.41. The van der Waals surface area contributed by atoms with E-state index in [2.05, 4.69) is 25.7 Å². The average Bonchev–Trinajstić information content (AvgIpc) is 2.48. The van der Waals surface area contributed by atoms with E-state index in [0.29, 0.717) is 12.0 Å². The van der Waals surface area contributed by atoms with Crippen molar-refractivity contribution in [2.45, 2.75) is 104 Å². The summed E-state index contributed by atoms with van der Waals surface area (Å²) in [6.45, 7) is 7.42. The Morgan fingerprint density at radius 2 is 1.10 bits per heavy atom. The van der Waals surface area contributed by atoms with Gasteiger partial charge in [-0.15, -0.1) is 0 Å². The molecule has 0 aromatic rings. The third kappa shape index (κ3) is 9.77.